The minimum absolute atomic E-state index is 0.0912. The fraction of sp³-hybridized carbons (Fsp3) is 0.280. The first-order chi connectivity index (χ1) is 15.5. The van der Waals surface area contributed by atoms with Gasteiger partial charge in [-0.25, -0.2) is 0 Å². The maximum atomic E-state index is 12.3. The van der Waals surface area contributed by atoms with Gasteiger partial charge in [-0.3, -0.25) is 24.0 Å². The Kier molecular flexibility index (Phi) is 6.44. The van der Waals surface area contributed by atoms with Crippen molar-refractivity contribution in [3.05, 3.63) is 83.0 Å². The second kappa shape index (κ2) is 9.60. The van der Waals surface area contributed by atoms with E-state index >= 15 is 0 Å². The molecule has 0 fully saturated rings. The minimum Gasteiger partial charge on any atom is -0.309 e. The number of anilines is 1. The normalized spacial score (nSPS) is 12.8. The molecule has 1 N–H and O–H groups in total. The molecule has 32 heavy (non-hydrogen) atoms. The van der Waals surface area contributed by atoms with E-state index in [1.807, 2.05) is 12.3 Å². The maximum absolute atomic E-state index is 12.3. The van der Waals surface area contributed by atoms with Crippen molar-refractivity contribution in [2.45, 2.75) is 39.2 Å². The average molecular weight is 431 g/mol. The van der Waals surface area contributed by atoms with Crippen LogP contribution in [0, 0.1) is 6.92 Å². The molecule has 7 nitrogen and oxygen atoms in total. The van der Waals surface area contributed by atoms with Gasteiger partial charge in [0.1, 0.15) is 0 Å². The molecular formula is C25H26N4O3. The molecule has 0 saturated carbocycles. The van der Waals surface area contributed by atoms with Crippen molar-refractivity contribution in [3.8, 4) is 0 Å². The van der Waals surface area contributed by atoms with Crippen molar-refractivity contribution in [1.29, 1.82) is 0 Å². The van der Waals surface area contributed by atoms with Gasteiger partial charge in [-0.15, -0.1) is 0 Å². The van der Waals surface area contributed by atoms with Gasteiger partial charge in [-0.2, -0.15) is 5.10 Å². The topological polar surface area (TPSA) is 84.3 Å². The molecule has 1 aromatic heterocycles. The lowest BCUT2D eigenvalue weighted by Gasteiger charge is -2.13. The summed E-state index contributed by atoms with van der Waals surface area (Å²) in [6, 6.07) is 16.9. The number of rotatable bonds is 9. The third-order valence-corrected chi connectivity index (χ3v) is 5.50. The Morgan fingerprint density at radius 1 is 0.938 bits per heavy atom. The maximum Gasteiger partial charge on any atom is 0.261 e. The first kappa shape index (κ1) is 21.5. The Balaban J connectivity index is 1.17. The number of aromatic nitrogens is 2. The van der Waals surface area contributed by atoms with Crippen molar-refractivity contribution in [1.82, 2.24) is 14.7 Å². The molecule has 4 rings (SSSR count). The van der Waals surface area contributed by atoms with Crippen molar-refractivity contribution >= 4 is 23.5 Å². The largest absolute Gasteiger partial charge is 0.309 e. The molecule has 0 radical (unpaired) electrons. The molecule has 0 atom stereocenters. The van der Waals surface area contributed by atoms with E-state index in [1.54, 1.807) is 35.0 Å². The fourth-order valence-electron chi connectivity index (χ4n) is 3.89. The highest BCUT2D eigenvalue weighted by molar-refractivity contribution is 6.21. The molecule has 164 valence electrons. The molecule has 2 heterocycles. The van der Waals surface area contributed by atoms with Gasteiger partial charge in [0.05, 0.1) is 17.7 Å². The molecule has 0 spiro atoms. The monoisotopic (exact) mass is 430 g/mol. The molecule has 1 aliphatic heterocycles. The Bertz CT molecular complexity index is 1120. The highest BCUT2D eigenvalue weighted by Gasteiger charge is 2.34. The Morgan fingerprint density at radius 2 is 1.69 bits per heavy atom. The zero-order valence-corrected chi connectivity index (χ0v) is 18.1. The lowest BCUT2D eigenvalue weighted by Crippen LogP contribution is -2.30. The van der Waals surface area contributed by atoms with Crippen LogP contribution in [0.3, 0.4) is 0 Å². The second-order valence-corrected chi connectivity index (χ2v) is 8.05. The van der Waals surface area contributed by atoms with E-state index in [0.717, 1.165) is 12.0 Å². The molecule has 0 aliphatic carbocycles. The van der Waals surface area contributed by atoms with Gasteiger partial charge in [0.15, 0.2) is 5.82 Å². The number of benzene rings is 2. The van der Waals surface area contributed by atoms with E-state index < -0.39 is 0 Å². The van der Waals surface area contributed by atoms with Crippen LogP contribution in [0.4, 0.5) is 5.82 Å². The Hall–Kier alpha value is -3.74. The number of nitrogens with one attached hydrogen (secondary N) is 1. The zero-order valence-electron chi connectivity index (χ0n) is 18.1. The van der Waals surface area contributed by atoms with Crippen molar-refractivity contribution < 1.29 is 14.4 Å². The fourth-order valence-corrected chi connectivity index (χ4v) is 3.89. The number of nitrogens with zero attached hydrogens (tertiary/aromatic N) is 3. The molecule has 0 bridgehead atoms. The quantitative estimate of drug-likeness (QED) is 0.410. The first-order valence-electron chi connectivity index (χ1n) is 10.9. The average Bonchev–Trinajstić information content (AvgIpc) is 3.31. The summed E-state index contributed by atoms with van der Waals surface area (Å²) >= 11 is 0. The number of fused-ring (bicyclic) bond motifs is 1. The van der Waals surface area contributed by atoms with E-state index in [0.29, 0.717) is 49.3 Å². The van der Waals surface area contributed by atoms with Crippen molar-refractivity contribution in [2.75, 3.05) is 11.9 Å². The minimum atomic E-state index is -0.232. The summed E-state index contributed by atoms with van der Waals surface area (Å²) in [6.07, 6.45) is 4.32. The van der Waals surface area contributed by atoms with Crippen LogP contribution in [0.15, 0.2) is 60.8 Å². The molecule has 3 amide bonds. The summed E-state index contributed by atoms with van der Waals surface area (Å²) in [6.45, 7) is 3.07. The number of hydrogen-bond donors (Lipinski definition) is 1. The standard InChI is InChI=1S/C25H26N4O3/c1-18-8-7-9-19(16-18)17-28-15-13-22(27-28)26-23(30)12-3-2-6-14-29-24(31)20-10-4-5-11-21(20)25(29)32/h4-5,7-11,13,15-16H,2-3,6,12,14,17H2,1H3,(H,26,27,30). The predicted octanol–water partition coefficient (Wildman–Crippen LogP) is 4.03. The van der Waals surface area contributed by atoms with Crippen molar-refractivity contribution in [2.24, 2.45) is 0 Å². The number of imide groups is 1. The highest BCUT2D eigenvalue weighted by Crippen LogP contribution is 2.22. The summed E-state index contributed by atoms with van der Waals surface area (Å²) in [7, 11) is 0. The SMILES string of the molecule is Cc1cccc(Cn2ccc(NC(=O)CCCCCN3C(=O)c4ccccc4C3=O)n2)c1. The highest BCUT2D eigenvalue weighted by atomic mass is 16.2. The van der Waals surface area contributed by atoms with Gasteiger partial charge >= 0.3 is 0 Å². The first-order valence-corrected chi connectivity index (χ1v) is 10.9. The molecule has 0 saturated heterocycles. The van der Waals surface area contributed by atoms with Crippen LogP contribution in [0.5, 0.6) is 0 Å². The van der Waals surface area contributed by atoms with Crippen molar-refractivity contribution in [3.63, 3.8) is 0 Å². The summed E-state index contributed by atoms with van der Waals surface area (Å²) in [5, 5.41) is 7.24. The molecule has 3 aromatic rings. The predicted molar refractivity (Wildman–Crippen MR) is 121 cm³/mol. The lowest BCUT2D eigenvalue weighted by molar-refractivity contribution is -0.116. The second-order valence-electron chi connectivity index (χ2n) is 8.05. The number of unbranched alkanes of at least 4 members (excludes halogenated alkanes) is 2. The third-order valence-electron chi connectivity index (χ3n) is 5.50. The van der Waals surface area contributed by atoms with Crippen LogP contribution < -0.4 is 5.32 Å². The molecule has 7 heteroatoms. The van der Waals surface area contributed by atoms with Gasteiger partial charge in [0, 0.05) is 25.2 Å². The van der Waals surface area contributed by atoms with E-state index in [4.69, 9.17) is 0 Å². The molecule has 2 aromatic carbocycles. The lowest BCUT2D eigenvalue weighted by atomic mass is 10.1. The number of hydrogen-bond acceptors (Lipinski definition) is 4. The Labute approximate surface area is 187 Å². The van der Waals surface area contributed by atoms with Gasteiger partial charge in [-0.1, -0.05) is 48.4 Å². The zero-order chi connectivity index (χ0) is 22.5. The van der Waals surface area contributed by atoms with E-state index in [2.05, 4.69) is 35.5 Å². The summed E-state index contributed by atoms with van der Waals surface area (Å²) < 4.78 is 1.80. The van der Waals surface area contributed by atoms with Crippen LogP contribution in [0.2, 0.25) is 0 Å². The van der Waals surface area contributed by atoms with Gasteiger partial charge in [0.25, 0.3) is 11.8 Å². The summed E-state index contributed by atoms with van der Waals surface area (Å²) in [5.41, 5.74) is 3.30. The molecule has 1 aliphatic rings. The number of amides is 3. The number of carbonyl (C=O) groups is 3. The number of carbonyl (C=O) groups excluding carboxylic acids is 3. The number of aryl methyl sites for hydroxylation is 1. The van der Waals surface area contributed by atoms with Gasteiger partial charge in [0.2, 0.25) is 5.91 Å². The van der Waals surface area contributed by atoms with Crippen LogP contribution in [0.25, 0.3) is 0 Å². The third kappa shape index (κ3) is 4.94. The molecular weight excluding hydrogens is 404 g/mol. The van der Waals surface area contributed by atoms with E-state index in [1.165, 1.54) is 10.5 Å². The summed E-state index contributed by atoms with van der Waals surface area (Å²) in [5.74, 6) is -0.0191. The van der Waals surface area contributed by atoms with E-state index in [9.17, 15) is 14.4 Å². The van der Waals surface area contributed by atoms with Crippen LogP contribution in [-0.2, 0) is 11.3 Å². The van der Waals surface area contributed by atoms with Crippen LogP contribution in [-0.4, -0.2) is 38.9 Å². The molecule has 0 unspecified atom stereocenters. The van der Waals surface area contributed by atoms with E-state index in [-0.39, 0.29) is 17.7 Å². The van der Waals surface area contributed by atoms with Gasteiger partial charge < -0.3 is 5.32 Å². The van der Waals surface area contributed by atoms with Crippen LogP contribution in [0.1, 0.15) is 57.5 Å². The van der Waals surface area contributed by atoms with Crippen LogP contribution >= 0.6 is 0 Å². The van der Waals surface area contributed by atoms with Gasteiger partial charge in [-0.05, 0) is 37.5 Å². The summed E-state index contributed by atoms with van der Waals surface area (Å²) in [4.78, 5) is 38.2. The Morgan fingerprint density at radius 3 is 2.41 bits per heavy atom. The smallest absolute Gasteiger partial charge is 0.261 e.